The van der Waals surface area contributed by atoms with Crippen molar-refractivity contribution in [3.63, 3.8) is 0 Å². The first-order valence-corrected chi connectivity index (χ1v) is 15.3. The Bertz CT molecular complexity index is 1980. The monoisotopic (exact) mass is 625 g/mol. The number of hydrogen-bond donors (Lipinski definition) is 0. The first-order valence-electron chi connectivity index (χ1n) is 15.3. The van der Waals surface area contributed by atoms with E-state index in [4.69, 9.17) is 4.74 Å². The molecule has 2 aliphatic rings. The summed E-state index contributed by atoms with van der Waals surface area (Å²) in [7, 11) is 0. The van der Waals surface area contributed by atoms with E-state index in [9.17, 15) is 31.6 Å². The quantitative estimate of drug-likeness (QED) is 0.206. The number of benzene rings is 2. The minimum atomic E-state index is -1.53. The standard InChI is InChI=1S/C40H31N7O/c1-40(28-45,29-46)38(31-12-6-3-7-13-31)35(25-42)17-9-15-33-19-18-32(39(33)47-20-22-48-23-21-47)14-8-16-34(24-41)37(36(26-43)27-44)30-10-4-2-5-11-30/h2-17H,18-23H2,1H3/b14-8+,17-9+,33-15+,34-16+,38-35-. The predicted molar refractivity (Wildman–Crippen MR) is 182 cm³/mol. The Morgan fingerprint density at radius 3 is 1.96 bits per heavy atom. The molecule has 2 aromatic carbocycles. The first-order chi connectivity index (χ1) is 23.4. The summed E-state index contributed by atoms with van der Waals surface area (Å²) in [5.74, 6) is 0. The van der Waals surface area contributed by atoms with Gasteiger partial charge in [0.1, 0.15) is 17.7 Å². The fourth-order valence-corrected chi connectivity index (χ4v) is 5.74. The lowest BCUT2D eigenvalue weighted by atomic mass is 9.78. The topological polar surface area (TPSA) is 155 Å². The van der Waals surface area contributed by atoms with Crippen LogP contribution in [0.25, 0.3) is 11.1 Å². The summed E-state index contributed by atoms with van der Waals surface area (Å²) in [5, 5.41) is 59.2. The van der Waals surface area contributed by atoms with Gasteiger partial charge in [0.15, 0.2) is 5.41 Å². The molecule has 0 bridgehead atoms. The highest BCUT2D eigenvalue weighted by Crippen LogP contribution is 2.38. The molecule has 48 heavy (non-hydrogen) atoms. The highest BCUT2D eigenvalue weighted by molar-refractivity contribution is 5.89. The summed E-state index contributed by atoms with van der Waals surface area (Å²) >= 11 is 0. The van der Waals surface area contributed by atoms with Gasteiger partial charge in [0.2, 0.25) is 0 Å². The molecule has 0 unspecified atom stereocenters. The van der Waals surface area contributed by atoms with E-state index >= 15 is 0 Å². The molecule has 1 aliphatic carbocycles. The number of rotatable bonds is 9. The average Bonchev–Trinajstić information content (AvgIpc) is 3.55. The van der Waals surface area contributed by atoms with Crippen molar-refractivity contribution in [3.8, 4) is 36.4 Å². The van der Waals surface area contributed by atoms with Crippen molar-refractivity contribution in [1.82, 2.24) is 4.90 Å². The Labute approximate surface area is 281 Å². The molecule has 8 heteroatoms. The van der Waals surface area contributed by atoms with Gasteiger partial charge in [0.25, 0.3) is 0 Å². The highest BCUT2D eigenvalue weighted by Gasteiger charge is 2.32. The van der Waals surface area contributed by atoms with Crippen molar-refractivity contribution in [1.29, 1.82) is 31.6 Å². The van der Waals surface area contributed by atoms with E-state index in [2.05, 4.69) is 29.2 Å². The zero-order valence-corrected chi connectivity index (χ0v) is 26.5. The van der Waals surface area contributed by atoms with Gasteiger partial charge >= 0.3 is 0 Å². The third kappa shape index (κ3) is 7.75. The zero-order valence-electron chi connectivity index (χ0n) is 26.5. The minimum Gasteiger partial charge on any atom is -0.378 e. The molecule has 1 saturated heterocycles. The van der Waals surface area contributed by atoms with Gasteiger partial charge in [-0.05, 0) is 54.2 Å². The van der Waals surface area contributed by atoms with Crippen molar-refractivity contribution >= 4 is 11.1 Å². The van der Waals surface area contributed by atoms with Crippen LogP contribution in [0, 0.1) is 73.4 Å². The van der Waals surface area contributed by atoms with Crippen LogP contribution in [0.3, 0.4) is 0 Å². The molecule has 1 aliphatic heterocycles. The lowest BCUT2D eigenvalue weighted by Gasteiger charge is -2.31. The van der Waals surface area contributed by atoms with Crippen LogP contribution in [0.4, 0.5) is 0 Å². The second-order valence-electron chi connectivity index (χ2n) is 11.0. The third-order valence-electron chi connectivity index (χ3n) is 8.05. The Kier molecular flexibility index (Phi) is 11.8. The van der Waals surface area contributed by atoms with Gasteiger partial charge in [-0.3, -0.25) is 0 Å². The molecule has 1 fully saturated rings. The fourth-order valence-electron chi connectivity index (χ4n) is 5.74. The van der Waals surface area contributed by atoms with Crippen LogP contribution in [-0.2, 0) is 4.74 Å². The van der Waals surface area contributed by atoms with Gasteiger partial charge < -0.3 is 9.64 Å². The lowest BCUT2D eigenvalue weighted by Crippen LogP contribution is -2.36. The van der Waals surface area contributed by atoms with Crippen molar-refractivity contribution in [2.75, 3.05) is 26.3 Å². The molecule has 0 saturated carbocycles. The molecule has 0 atom stereocenters. The number of hydrogen-bond acceptors (Lipinski definition) is 8. The third-order valence-corrected chi connectivity index (χ3v) is 8.05. The smallest absolute Gasteiger partial charge is 0.167 e. The van der Waals surface area contributed by atoms with E-state index in [1.54, 1.807) is 72.8 Å². The maximum atomic E-state index is 10.1. The van der Waals surface area contributed by atoms with Crippen LogP contribution in [-0.4, -0.2) is 31.2 Å². The van der Waals surface area contributed by atoms with E-state index in [0.717, 1.165) is 29.7 Å². The van der Waals surface area contributed by atoms with Gasteiger partial charge in [0.05, 0.1) is 48.6 Å². The maximum absolute atomic E-state index is 10.1. The van der Waals surface area contributed by atoms with Gasteiger partial charge in [-0.25, -0.2) is 0 Å². The predicted octanol–water partition coefficient (Wildman–Crippen LogP) is 7.39. The van der Waals surface area contributed by atoms with Gasteiger partial charge in [-0.1, -0.05) is 85.0 Å². The van der Waals surface area contributed by atoms with Gasteiger partial charge in [-0.15, -0.1) is 0 Å². The number of nitrogens with zero attached hydrogens (tertiary/aromatic N) is 7. The molecular weight excluding hydrogens is 594 g/mol. The van der Waals surface area contributed by atoms with E-state index in [1.807, 2.05) is 36.4 Å². The zero-order chi connectivity index (χ0) is 34.4. The van der Waals surface area contributed by atoms with E-state index in [1.165, 1.54) is 6.92 Å². The number of nitriles is 6. The maximum Gasteiger partial charge on any atom is 0.167 e. The molecule has 1 heterocycles. The van der Waals surface area contributed by atoms with E-state index in [-0.39, 0.29) is 22.3 Å². The largest absolute Gasteiger partial charge is 0.378 e. The van der Waals surface area contributed by atoms with Crippen LogP contribution in [0.1, 0.15) is 30.9 Å². The highest BCUT2D eigenvalue weighted by atomic mass is 16.5. The Morgan fingerprint density at radius 1 is 0.771 bits per heavy atom. The van der Waals surface area contributed by atoms with Crippen LogP contribution in [0.15, 0.2) is 131 Å². The first kappa shape index (κ1) is 34.2. The summed E-state index contributed by atoms with van der Waals surface area (Å²) in [5.41, 5.74) is 3.79. The van der Waals surface area contributed by atoms with Gasteiger partial charge in [0, 0.05) is 29.9 Å². The number of allylic oxidation sites excluding steroid dienone is 13. The second kappa shape index (κ2) is 16.6. The minimum absolute atomic E-state index is 0.139. The summed E-state index contributed by atoms with van der Waals surface area (Å²) in [6, 6.07) is 30.3. The van der Waals surface area contributed by atoms with Crippen LogP contribution in [0.2, 0.25) is 0 Å². The van der Waals surface area contributed by atoms with Crippen LogP contribution >= 0.6 is 0 Å². The van der Waals surface area contributed by atoms with Crippen LogP contribution < -0.4 is 0 Å². The summed E-state index contributed by atoms with van der Waals surface area (Å²) in [6.07, 6.45) is 12.2. The van der Waals surface area contributed by atoms with Crippen LogP contribution in [0.5, 0.6) is 0 Å². The van der Waals surface area contributed by atoms with Gasteiger partial charge in [-0.2, -0.15) is 31.6 Å². The molecule has 0 N–H and O–H groups in total. The summed E-state index contributed by atoms with van der Waals surface area (Å²) in [4.78, 5) is 2.27. The van der Waals surface area contributed by atoms with Crippen molar-refractivity contribution in [2.45, 2.75) is 19.8 Å². The molecule has 232 valence electrons. The summed E-state index contributed by atoms with van der Waals surface area (Å²) < 4.78 is 5.60. The Morgan fingerprint density at radius 2 is 1.40 bits per heavy atom. The molecular formula is C40H31N7O. The molecule has 4 rings (SSSR count). The molecule has 0 aromatic heterocycles. The molecule has 8 nitrogen and oxygen atoms in total. The van der Waals surface area contributed by atoms with E-state index < -0.39 is 5.41 Å². The van der Waals surface area contributed by atoms with E-state index in [0.29, 0.717) is 43.0 Å². The second-order valence-corrected chi connectivity index (χ2v) is 11.0. The fraction of sp³-hybridized carbons (Fsp3) is 0.200. The molecule has 0 radical (unpaired) electrons. The molecule has 0 amide bonds. The molecule has 0 spiro atoms. The normalized spacial score (nSPS) is 16.4. The van der Waals surface area contributed by atoms with Crippen molar-refractivity contribution < 1.29 is 4.74 Å². The molecule has 2 aromatic rings. The Balaban J connectivity index is 1.76. The Hall–Kier alpha value is -6.68. The number of morpholine rings is 1. The summed E-state index contributed by atoms with van der Waals surface area (Å²) in [6.45, 7) is 4.08. The number of ether oxygens (including phenoxy) is 1. The lowest BCUT2D eigenvalue weighted by molar-refractivity contribution is 0.0547. The van der Waals surface area contributed by atoms with Crippen molar-refractivity contribution in [3.05, 3.63) is 142 Å². The average molecular weight is 626 g/mol. The van der Waals surface area contributed by atoms with Crippen molar-refractivity contribution in [2.24, 2.45) is 5.41 Å². The SMILES string of the molecule is CC(C#N)(C#N)/C(=C(C#N)/C=C/C=C1\CCC(/C=C/C=C(\C#N)C(=C(C#N)C#N)c2ccccc2)=C1N1CCOCC1)c1ccccc1.